The van der Waals surface area contributed by atoms with E-state index in [0.717, 1.165) is 22.9 Å². The molecule has 0 aliphatic rings. The predicted octanol–water partition coefficient (Wildman–Crippen LogP) is 4.57. The molecule has 0 spiro atoms. The lowest BCUT2D eigenvalue weighted by Crippen LogP contribution is -2.35. The first-order chi connectivity index (χ1) is 16.6. The van der Waals surface area contributed by atoms with Crippen LogP contribution in [0.15, 0.2) is 72.8 Å². The van der Waals surface area contributed by atoms with Crippen LogP contribution >= 0.6 is 0 Å². The highest BCUT2D eigenvalue weighted by atomic mass is 32.2. The van der Waals surface area contributed by atoms with Gasteiger partial charge in [-0.05, 0) is 54.3 Å². The normalized spacial score (nSPS) is 13.1. The third kappa shape index (κ3) is 7.31. The van der Waals surface area contributed by atoms with Gasteiger partial charge in [-0.1, -0.05) is 54.6 Å². The average Bonchev–Trinajstić information content (AvgIpc) is 2.81. The molecule has 1 atom stereocenters. The van der Waals surface area contributed by atoms with Gasteiger partial charge in [0.1, 0.15) is 11.5 Å². The minimum atomic E-state index is -3.58. The lowest BCUT2D eigenvalue weighted by Gasteiger charge is -2.26. The fourth-order valence-electron chi connectivity index (χ4n) is 3.67. The van der Waals surface area contributed by atoms with Gasteiger partial charge in [-0.25, -0.2) is 4.79 Å². The van der Waals surface area contributed by atoms with Crippen LogP contribution < -0.4 is 8.92 Å². The number of hydrogen-bond donors (Lipinski definition) is 1. The van der Waals surface area contributed by atoms with Crippen LogP contribution in [0, 0.1) is 0 Å². The van der Waals surface area contributed by atoms with Crippen molar-refractivity contribution in [3.05, 3.63) is 95.1 Å². The minimum Gasteiger partial charge on any atom is -0.493 e. The molecule has 0 heterocycles. The molecule has 0 saturated carbocycles. The molecule has 0 fully saturated rings. The van der Waals surface area contributed by atoms with Crippen molar-refractivity contribution in [3.63, 3.8) is 0 Å². The molecule has 7 nitrogen and oxygen atoms in total. The number of hydrogen-bond acceptors (Lipinski definition) is 6. The van der Waals surface area contributed by atoms with Gasteiger partial charge in [-0.2, -0.15) is 8.42 Å². The van der Waals surface area contributed by atoms with Crippen molar-refractivity contribution in [2.24, 2.45) is 0 Å². The Labute approximate surface area is 206 Å². The Bertz CT molecular complexity index is 1240. The second-order valence-electron chi connectivity index (χ2n) is 8.29. The third-order valence-electron chi connectivity index (χ3n) is 5.52. The van der Waals surface area contributed by atoms with E-state index in [1.165, 1.54) is 6.92 Å². The summed E-state index contributed by atoms with van der Waals surface area (Å²) in [6.45, 7) is 3.89. The van der Waals surface area contributed by atoms with Gasteiger partial charge in [-0.3, -0.25) is 0 Å². The smallest absolute Gasteiger partial charge is 0.340 e. The molecular weight excluding hydrogens is 468 g/mol. The van der Waals surface area contributed by atoms with Gasteiger partial charge in [0, 0.05) is 19.4 Å². The largest absolute Gasteiger partial charge is 0.493 e. The lowest BCUT2D eigenvalue weighted by molar-refractivity contribution is -0.164. The van der Waals surface area contributed by atoms with Gasteiger partial charge >= 0.3 is 16.1 Å². The lowest BCUT2D eigenvalue weighted by atomic mass is 9.93. The summed E-state index contributed by atoms with van der Waals surface area (Å²) >= 11 is 0. The molecule has 1 unspecified atom stereocenters. The second kappa shape index (κ2) is 11.4. The summed E-state index contributed by atoms with van der Waals surface area (Å²) in [4.78, 5) is 12.0. The van der Waals surface area contributed by atoms with Crippen LogP contribution in [0.1, 0.15) is 36.1 Å². The van der Waals surface area contributed by atoms with Crippen LogP contribution in [0.3, 0.4) is 0 Å². The Hall–Kier alpha value is -3.36. The first-order valence-corrected chi connectivity index (χ1v) is 13.1. The fraction of sp³-hybridized carbons (Fsp3) is 0.296. The summed E-state index contributed by atoms with van der Waals surface area (Å²) < 4.78 is 39.2. The average molecular weight is 499 g/mol. The zero-order valence-electron chi connectivity index (χ0n) is 20.1. The summed E-state index contributed by atoms with van der Waals surface area (Å²) in [6, 6.07) is 22.1. The number of ether oxygens (including phenoxy) is 2. The van der Waals surface area contributed by atoms with Crippen LogP contribution in [0.25, 0.3) is 0 Å². The van der Waals surface area contributed by atoms with E-state index in [-0.39, 0.29) is 12.4 Å². The Balaban J connectivity index is 1.81. The Morgan fingerprint density at radius 1 is 0.971 bits per heavy atom. The zero-order chi connectivity index (χ0) is 25.5. The molecule has 0 aliphatic heterocycles. The number of aliphatic carboxylic acids is 1. The molecule has 186 valence electrons. The molecule has 0 amide bonds. The van der Waals surface area contributed by atoms with Gasteiger partial charge < -0.3 is 18.8 Å². The maximum absolute atomic E-state index is 12.0. The minimum absolute atomic E-state index is 0.249. The summed E-state index contributed by atoms with van der Waals surface area (Å²) in [6.07, 6.45) is 2.19. The number of carboxylic acids is 1. The highest BCUT2D eigenvalue weighted by molar-refractivity contribution is 7.86. The standard InChI is InChI=1S/C27H30O7S/c1-4-33-27(2,26(28)29)23-13-12-22(18-21-8-6-5-7-9-21)25(19-23)32-17-16-20-10-14-24(15-11-20)34-35(3,30)31/h5-15,19H,4,16-18H2,1-3H3,(H,28,29). The van der Waals surface area contributed by atoms with Crippen LogP contribution in [0.4, 0.5) is 0 Å². The molecular formula is C27H30O7S. The molecule has 8 heteroatoms. The fourth-order valence-corrected chi connectivity index (χ4v) is 4.13. The van der Waals surface area contributed by atoms with Crippen LogP contribution in [-0.2, 0) is 38.1 Å². The molecule has 3 rings (SSSR count). The van der Waals surface area contributed by atoms with E-state index in [1.54, 1.807) is 43.3 Å². The number of carboxylic acid groups (broad SMARTS) is 1. The Morgan fingerprint density at radius 3 is 2.26 bits per heavy atom. The summed E-state index contributed by atoms with van der Waals surface area (Å²) in [5, 5.41) is 9.82. The molecule has 0 radical (unpaired) electrons. The van der Waals surface area contributed by atoms with E-state index in [2.05, 4.69) is 0 Å². The number of rotatable bonds is 12. The Kier molecular flexibility index (Phi) is 8.53. The first-order valence-electron chi connectivity index (χ1n) is 11.3. The van der Waals surface area contributed by atoms with Crippen LogP contribution in [0.5, 0.6) is 11.5 Å². The van der Waals surface area contributed by atoms with E-state index < -0.39 is 21.7 Å². The SMILES string of the molecule is CCOC(C)(C(=O)O)c1ccc(Cc2ccccc2)c(OCCc2ccc(OS(C)(=O)=O)cc2)c1. The topological polar surface area (TPSA) is 99.1 Å². The van der Waals surface area contributed by atoms with Gasteiger partial charge in [0.15, 0.2) is 5.60 Å². The zero-order valence-corrected chi connectivity index (χ0v) is 20.9. The quantitative estimate of drug-likeness (QED) is 0.365. The van der Waals surface area contributed by atoms with Crippen LogP contribution in [0.2, 0.25) is 0 Å². The van der Waals surface area contributed by atoms with Crippen molar-refractivity contribution in [2.75, 3.05) is 19.5 Å². The van der Waals surface area contributed by atoms with Gasteiger partial charge in [-0.15, -0.1) is 0 Å². The molecule has 3 aromatic carbocycles. The second-order valence-corrected chi connectivity index (χ2v) is 9.86. The molecule has 3 aromatic rings. The van der Waals surface area contributed by atoms with Gasteiger partial charge in [0.05, 0.1) is 12.9 Å². The van der Waals surface area contributed by atoms with E-state index in [4.69, 9.17) is 13.7 Å². The molecule has 35 heavy (non-hydrogen) atoms. The first kappa shape index (κ1) is 26.2. The highest BCUT2D eigenvalue weighted by Crippen LogP contribution is 2.32. The van der Waals surface area contributed by atoms with Crippen molar-refractivity contribution >= 4 is 16.1 Å². The van der Waals surface area contributed by atoms with E-state index >= 15 is 0 Å². The van der Waals surface area contributed by atoms with Gasteiger partial charge in [0.25, 0.3) is 0 Å². The molecule has 0 aromatic heterocycles. The van der Waals surface area contributed by atoms with Crippen molar-refractivity contribution in [3.8, 4) is 11.5 Å². The summed E-state index contributed by atoms with van der Waals surface area (Å²) in [5.41, 5.74) is 1.99. The van der Waals surface area contributed by atoms with E-state index in [0.29, 0.717) is 30.8 Å². The molecule has 1 N–H and O–H groups in total. The predicted molar refractivity (Wildman–Crippen MR) is 133 cm³/mol. The molecule has 0 aliphatic carbocycles. The van der Waals surface area contributed by atoms with Crippen molar-refractivity contribution in [1.29, 1.82) is 0 Å². The maximum Gasteiger partial charge on any atom is 0.340 e. The summed E-state index contributed by atoms with van der Waals surface area (Å²) in [7, 11) is -3.58. The number of benzene rings is 3. The molecule has 0 bridgehead atoms. The van der Waals surface area contributed by atoms with E-state index in [9.17, 15) is 18.3 Å². The summed E-state index contributed by atoms with van der Waals surface area (Å²) in [5.74, 6) is -0.230. The third-order valence-corrected chi connectivity index (χ3v) is 6.01. The van der Waals surface area contributed by atoms with Crippen molar-refractivity contribution in [1.82, 2.24) is 0 Å². The Morgan fingerprint density at radius 2 is 1.66 bits per heavy atom. The highest BCUT2D eigenvalue weighted by Gasteiger charge is 2.36. The monoisotopic (exact) mass is 498 g/mol. The number of carbonyl (C=O) groups is 1. The van der Waals surface area contributed by atoms with Crippen molar-refractivity contribution < 1.29 is 32.0 Å². The van der Waals surface area contributed by atoms with Crippen molar-refractivity contribution in [2.45, 2.75) is 32.3 Å². The molecule has 0 saturated heterocycles. The van der Waals surface area contributed by atoms with Gasteiger partial charge in [0.2, 0.25) is 0 Å². The van der Waals surface area contributed by atoms with E-state index in [1.807, 2.05) is 36.4 Å². The maximum atomic E-state index is 12.0. The van der Waals surface area contributed by atoms with Crippen LogP contribution in [-0.4, -0.2) is 39.0 Å².